The molecule has 0 aliphatic carbocycles. The van der Waals surface area contributed by atoms with Crippen LogP contribution >= 0.6 is 12.6 Å². The van der Waals surface area contributed by atoms with Crippen molar-refractivity contribution in [3.63, 3.8) is 0 Å². The molecule has 3 rings (SSSR count). The fourth-order valence-electron chi connectivity index (χ4n) is 2.14. The van der Waals surface area contributed by atoms with E-state index in [0.29, 0.717) is 5.75 Å². The van der Waals surface area contributed by atoms with Gasteiger partial charge in [-0.3, -0.25) is 0 Å². The fraction of sp³-hybridized carbons (Fsp3) is 0.143. The molecular weight excluding hydrogens is 258 g/mol. The van der Waals surface area contributed by atoms with Crippen molar-refractivity contribution in [1.82, 2.24) is 14.6 Å². The van der Waals surface area contributed by atoms with Crippen molar-refractivity contribution < 1.29 is 4.74 Å². The summed E-state index contributed by atoms with van der Waals surface area (Å²) in [5.74, 6) is 1.38. The molecule has 0 bridgehead atoms. The normalized spacial score (nSPS) is 10.8. The van der Waals surface area contributed by atoms with Crippen molar-refractivity contribution in [2.75, 3.05) is 7.11 Å². The number of para-hydroxylation sites is 1. The molecule has 1 aromatic carbocycles. The van der Waals surface area contributed by atoms with E-state index in [4.69, 9.17) is 4.74 Å². The summed E-state index contributed by atoms with van der Waals surface area (Å²) in [7, 11) is 1.66. The largest absolute Gasteiger partial charge is 0.496 e. The number of ether oxygens (including phenoxy) is 1. The summed E-state index contributed by atoms with van der Waals surface area (Å²) in [6.07, 6.45) is 3.64. The molecule has 0 unspecified atom stereocenters. The number of thiol groups is 1. The van der Waals surface area contributed by atoms with E-state index in [2.05, 4.69) is 22.7 Å². The molecule has 0 saturated heterocycles. The number of methoxy groups -OCH3 is 1. The van der Waals surface area contributed by atoms with Crippen molar-refractivity contribution >= 4 is 18.3 Å². The minimum Gasteiger partial charge on any atom is -0.496 e. The number of fused-ring (bicyclic) bond motifs is 1. The Bertz CT molecular complexity index is 724. The number of nitrogens with zero attached hydrogens (tertiary/aromatic N) is 3. The highest BCUT2D eigenvalue weighted by atomic mass is 32.1. The summed E-state index contributed by atoms with van der Waals surface area (Å²) >= 11 is 4.40. The molecule has 0 aliphatic rings. The Morgan fingerprint density at radius 1 is 1.26 bits per heavy atom. The average molecular weight is 271 g/mol. The second-order valence-corrected chi connectivity index (χ2v) is 4.39. The van der Waals surface area contributed by atoms with Gasteiger partial charge in [0.15, 0.2) is 5.65 Å². The molecule has 0 N–H and O–H groups in total. The van der Waals surface area contributed by atoms with Crippen LogP contribution in [0.4, 0.5) is 0 Å². The van der Waals surface area contributed by atoms with E-state index < -0.39 is 0 Å². The summed E-state index contributed by atoms with van der Waals surface area (Å²) < 4.78 is 7.17. The Morgan fingerprint density at radius 2 is 2.11 bits per heavy atom. The predicted octanol–water partition coefficient (Wildman–Crippen LogP) is 2.83. The molecular formula is C14H13N3OS. The number of hydrogen-bond acceptors (Lipinski definition) is 4. The zero-order chi connectivity index (χ0) is 13.2. The lowest BCUT2D eigenvalue weighted by Crippen LogP contribution is -1.90. The molecule has 0 amide bonds. The van der Waals surface area contributed by atoms with E-state index in [-0.39, 0.29) is 0 Å². The molecule has 0 fully saturated rings. The van der Waals surface area contributed by atoms with Crippen molar-refractivity contribution in [2.45, 2.75) is 5.75 Å². The second kappa shape index (κ2) is 4.93. The summed E-state index contributed by atoms with van der Waals surface area (Å²) in [5.41, 5.74) is 3.66. The van der Waals surface area contributed by atoms with Gasteiger partial charge in [-0.1, -0.05) is 12.1 Å². The van der Waals surface area contributed by atoms with Crippen molar-refractivity contribution in [2.24, 2.45) is 0 Å². The van der Waals surface area contributed by atoms with E-state index in [9.17, 15) is 0 Å². The Labute approximate surface area is 116 Å². The molecule has 0 aliphatic heterocycles. The first-order valence-electron chi connectivity index (χ1n) is 5.91. The molecule has 2 heterocycles. The molecule has 0 spiro atoms. The van der Waals surface area contributed by atoms with Gasteiger partial charge >= 0.3 is 0 Å². The van der Waals surface area contributed by atoms with Gasteiger partial charge in [-0.05, 0) is 18.2 Å². The van der Waals surface area contributed by atoms with Gasteiger partial charge < -0.3 is 4.74 Å². The molecule has 2 aromatic heterocycles. The molecule has 0 saturated carbocycles. The lowest BCUT2D eigenvalue weighted by Gasteiger charge is -2.06. The van der Waals surface area contributed by atoms with Crippen LogP contribution < -0.4 is 4.74 Å². The van der Waals surface area contributed by atoms with Gasteiger partial charge in [-0.15, -0.1) is 0 Å². The first-order valence-corrected chi connectivity index (χ1v) is 6.55. The molecule has 96 valence electrons. The maximum Gasteiger partial charge on any atom is 0.159 e. The minimum atomic E-state index is 0.577. The Balaban J connectivity index is 2.30. The van der Waals surface area contributed by atoms with Gasteiger partial charge in [0.05, 0.1) is 7.11 Å². The first-order chi connectivity index (χ1) is 9.35. The van der Waals surface area contributed by atoms with Crippen molar-refractivity contribution in [3.8, 4) is 17.0 Å². The van der Waals surface area contributed by atoms with Crippen molar-refractivity contribution in [3.05, 3.63) is 48.3 Å². The van der Waals surface area contributed by atoms with Crippen LogP contribution in [-0.2, 0) is 5.75 Å². The Kier molecular flexibility index (Phi) is 3.13. The summed E-state index contributed by atoms with van der Waals surface area (Å²) in [6, 6.07) is 9.69. The third-order valence-corrected chi connectivity index (χ3v) is 3.33. The van der Waals surface area contributed by atoms with Crippen LogP contribution in [-0.4, -0.2) is 21.7 Å². The standard InChI is InChI=1S/C14H13N3OS/c1-18-12-6-3-2-5-10(12)13-11(9-19)14-15-7-4-8-17(14)16-13/h2-8,19H,9H2,1H3. The molecule has 5 heteroatoms. The summed E-state index contributed by atoms with van der Waals surface area (Å²) in [4.78, 5) is 4.36. The average Bonchev–Trinajstić information content (AvgIpc) is 2.85. The highest BCUT2D eigenvalue weighted by Gasteiger charge is 2.16. The van der Waals surface area contributed by atoms with Gasteiger partial charge in [0.1, 0.15) is 11.4 Å². The Hall–Kier alpha value is -2.01. The number of hydrogen-bond donors (Lipinski definition) is 1. The van der Waals surface area contributed by atoms with E-state index in [1.54, 1.807) is 17.8 Å². The lowest BCUT2D eigenvalue weighted by molar-refractivity contribution is 0.416. The first kappa shape index (κ1) is 12.0. The topological polar surface area (TPSA) is 39.4 Å². The predicted molar refractivity (Wildman–Crippen MR) is 77.7 cm³/mol. The maximum atomic E-state index is 5.40. The van der Waals surface area contributed by atoms with Crippen molar-refractivity contribution in [1.29, 1.82) is 0 Å². The van der Waals surface area contributed by atoms with Crippen LogP contribution in [0.15, 0.2) is 42.7 Å². The maximum absolute atomic E-state index is 5.40. The van der Waals surface area contributed by atoms with E-state index in [0.717, 1.165) is 28.2 Å². The van der Waals surface area contributed by atoms with E-state index >= 15 is 0 Å². The summed E-state index contributed by atoms with van der Waals surface area (Å²) in [6.45, 7) is 0. The third kappa shape index (κ3) is 1.96. The zero-order valence-electron chi connectivity index (χ0n) is 10.4. The number of benzene rings is 1. The van der Waals surface area contributed by atoms with Crippen LogP contribution in [0.5, 0.6) is 5.75 Å². The lowest BCUT2D eigenvalue weighted by atomic mass is 10.1. The molecule has 3 aromatic rings. The highest BCUT2D eigenvalue weighted by Crippen LogP contribution is 2.33. The Morgan fingerprint density at radius 3 is 2.89 bits per heavy atom. The highest BCUT2D eigenvalue weighted by molar-refractivity contribution is 7.79. The number of aromatic nitrogens is 3. The van der Waals surface area contributed by atoms with Crippen LogP contribution in [0.2, 0.25) is 0 Å². The van der Waals surface area contributed by atoms with Crippen LogP contribution in [0.3, 0.4) is 0 Å². The van der Waals surface area contributed by atoms with E-state index in [1.807, 2.05) is 36.5 Å². The van der Waals surface area contributed by atoms with Gasteiger partial charge in [0.25, 0.3) is 0 Å². The van der Waals surface area contributed by atoms with Crippen LogP contribution in [0, 0.1) is 0 Å². The minimum absolute atomic E-state index is 0.577. The SMILES string of the molecule is COc1ccccc1-c1nn2cccnc2c1CS. The number of rotatable bonds is 3. The fourth-order valence-corrected chi connectivity index (χ4v) is 2.43. The molecule has 19 heavy (non-hydrogen) atoms. The molecule has 0 atom stereocenters. The molecule has 0 radical (unpaired) electrons. The zero-order valence-corrected chi connectivity index (χ0v) is 11.3. The van der Waals surface area contributed by atoms with Gasteiger partial charge in [-0.25, -0.2) is 9.50 Å². The smallest absolute Gasteiger partial charge is 0.159 e. The monoisotopic (exact) mass is 271 g/mol. The van der Waals surface area contributed by atoms with E-state index in [1.165, 1.54) is 0 Å². The van der Waals surface area contributed by atoms with Gasteiger partial charge in [0.2, 0.25) is 0 Å². The van der Waals surface area contributed by atoms with Gasteiger partial charge in [0, 0.05) is 29.3 Å². The third-order valence-electron chi connectivity index (χ3n) is 3.01. The summed E-state index contributed by atoms with van der Waals surface area (Å²) in [5, 5.41) is 4.59. The quantitative estimate of drug-likeness (QED) is 0.745. The second-order valence-electron chi connectivity index (χ2n) is 4.07. The molecule has 4 nitrogen and oxygen atoms in total. The van der Waals surface area contributed by atoms with Crippen LogP contribution in [0.1, 0.15) is 5.56 Å². The van der Waals surface area contributed by atoms with Gasteiger partial charge in [-0.2, -0.15) is 17.7 Å². The van der Waals surface area contributed by atoms with Crippen LogP contribution in [0.25, 0.3) is 16.9 Å².